The van der Waals surface area contributed by atoms with E-state index in [1.807, 2.05) is 62.4 Å². The highest BCUT2D eigenvalue weighted by atomic mass is 35.5. The number of anilines is 2. The number of urea groups is 1. The molecule has 3 aliphatic rings. The molecule has 48 heavy (non-hydrogen) atoms. The van der Waals surface area contributed by atoms with Crippen LogP contribution in [0.5, 0.6) is 11.5 Å². The molecule has 2 atom stereocenters. The number of amides is 4. The summed E-state index contributed by atoms with van der Waals surface area (Å²) in [5.41, 5.74) is 6.34. The van der Waals surface area contributed by atoms with Crippen LogP contribution < -0.4 is 24.6 Å². The lowest BCUT2D eigenvalue weighted by Gasteiger charge is -2.44. The topological polar surface area (TPSA) is 88.2 Å². The molecule has 1 fully saturated rings. The average Bonchev–Trinajstić information content (AvgIpc) is 3.08. The molecule has 3 heterocycles. The Morgan fingerprint density at radius 3 is 1.98 bits per heavy atom. The van der Waals surface area contributed by atoms with Gasteiger partial charge in [-0.05, 0) is 84.8 Å². The van der Waals surface area contributed by atoms with E-state index in [2.05, 4.69) is 34.5 Å². The van der Waals surface area contributed by atoms with Gasteiger partial charge in [-0.3, -0.25) is 14.9 Å². The monoisotopic (exact) mass is 661 g/mol. The van der Waals surface area contributed by atoms with Gasteiger partial charge in [-0.25, -0.2) is 9.69 Å². The van der Waals surface area contributed by atoms with Crippen LogP contribution in [-0.2, 0) is 9.59 Å². The normalized spacial score (nSPS) is 19.8. The second-order valence-corrected chi connectivity index (χ2v) is 13.0. The zero-order valence-electron chi connectivity index (χ0n) is 27.0. The van der Waals surface area contributed by atoms with Crippen LogP contribution in [0.2, 0.25) is 5.02 Å². The predicted octanol–water partition coefficient (Wildman–Crippen LogP) is 7.68. The molecule has 244 valence electrons. The number of hydrogen-bond acceptors (Lipinski definition) is 6. The molecule has 4 aromatic rings. The van der Waals surface area contributed by atoms with Gasteiger partial charge in [0, 0.05) is 30.6 Å². The van der Waals surface area contributed by atoms with Crippen LogP contribution in [0.25, 0.3) is 6.08 Å². The molecule has 0 aromatic heterocycles. The number of nitrogens with one attached hydrogen (secondary N) is 1. The first-order chi connectivity index (χ1) is 23.2. The van der Waals surface area contributed by atoms with Gasteiger partial charge in [0.05, 0.1) is 23.9 Å². The summed E-state index contributed by atoms with van der Waals surface area (Å²) in [6.07, 6.45) is 3.08. The van der Waals surface area contributed by atoms with E-state index in [9.17, 15) is 14.4 Å². The molecule has 3 aliphatic heterocycles. The van der Waals surface area contributed by atoms with Crippen molar-refractivity contribution >= 4 is 46.9 Å². The van der Waals surface area contributed by atoms with Crippen LogP contribution in [0.15, 0.2) is 90.5 Å². The van der Waals surface area contributed by atoms with Crippen LogP contribution >= 0.6 is 11.6 Å². The van der Waals surface area contributed by atoms with Crippen LogP contribution in [0.3, 0.4) is 0 Å². The minimum atomic E-state index is -0.790. The fraction of sp³-hybridized carbons (Fsp3) is 0.256. The lowest BCUT2D eigenvalue weighted by Crippen LogP contribution is -2.54. The number of halogens is 1. The lowest BCUT2D eigenvalue weighted by atomic mass is 9.76. The van der Waals surface area contributed by atoms with Gasteiger partial charge in [0.15, 0.2) is 11.5 Å². The van der Waals surface area contributed by atoms with Gasteiger partial charge in [0.25, 0.3) is 11.8 Å². The minimum Gasteiger partial charge on any atom is -0.493 e. The minimum absolute atomic E-state index is 0.0754. The molecule has 9 heteroatoms. The second-order valence-electron chi connectivity index (χ2n) is 12.6. The molecule has 1 saturated heterocycles. The number of hydrogen-bond donors (Lipinski definition) is 1. The number of imide groups is 2. The summed E-state index contributed by atoms with van der Waals surface area (Å²) >= 11 is 6.55. The lowest BCUT2D eigenvalue weighted by molar-refractivity contribution is -0.122. The molecule has 0 aliphatic carbocycles. The van der Waals surface area contributed by atoms with Crippen molar-refractivity contribution in [3.8, 4) is 11.5 Å². The Labute approximate surface area is 284 Å². The van der Waals surface area contributed by atoms with Gasteiger partial charge < -0.3 is 14.4 Å². The fourth-order valence-electron chi connectivity index (χ4n) is 7.20. The van der Waals surface area contributed by atoms with E-state index < -0.39 is 17.8 Å². The molecular formula is C39H36ClN3O5. The van der Waals surface area contributed by atoms with Crippen LogP contribution in [0.4, 0.5) is 16.2 Å². The molecular weight excluding hydrogens is 626 g/mol. The van der Waals surface area contributed by atoms with Crippen LogP contribution in [0.1, 0.15) is 66.3 Å². The molecule has 4 aromatic carbocycles. The number of nitrogens with zero attached hydrogens (tertiary/aromatic N) is 2. The van der Waals surface area contributed by atoms with Crippen molar-refractivity contribution in [2.75, 3.05) is 30.0 Å². The van der Waals surface area contributed by atoms with E-state index in [4.69, 9.17) is 21.1 Å². The van der Waals surface area contributed by atoms with Crippen molar-refractivity contribution in [1.29, 1.82) is 0 Å². The Kier molecular flexibility index (Phi) is 8.43. The number of ether oxygens (including phenoxy) is 2. The Hall–Kier alpha value is -5.08. The van der Waals surface area contributed by atoms with Gasteiger partial charge in [-0.15, -0.1) is 0 Å². The van der Waals surface area contributed by atoms with E-state index in [-0.39, 0.29) is 28.5 Å². The van der Waals surface area contributed by atoms with Crippen molar-refractivity contribution < 1.29 is 23.9 Å². The van der Waals surface area contributed by atoms with E-state index in [1.165, 1.54) is 30.0 Å². The highest BCUT2D eigenvalue weighted by Gasteiger charge is 2.40. The largest absolute Gasteiger partial charge is 0.493 e. The third-order valence-corrected chi connectivity index (χ3v) is 9.56. The van der Waals surface area contributed by atoms with E-state index in [0.717, 1.165) is 42.0 Å². The summed E-state index contributed by atoms with van der Waals surface area (Å²) in [5.74, 6) is -0.626. The molecule has 8 nitrogen and oxygen atoms in total. The third-order valence-electron chi connectivity index (χ3n) is 9.28. The van der Waals surface area contributed by atoms with Gasteiger partial charge in [0.2, 0.25) is 0 Å². The zero-order chi connectivity index (χ0) is 33.5. The summed E-state index contributed by atoms with van der Waals surface area (Å²) in [7, 11) is 1.49. The van der Waals surface area contributed by atoms with E-state index >= 15 is 0 Å². The molecule has 7 rings (SSSR count). The first-order valence-electron chi connectivity index (χ1n) is 16.2. The maximum absolute atomic E-state index is 14.2. The zero-order valence-corrected chi connectivity index (χ0v) is 27.8. The summed E-state index contributed by atoms with van der Waals surface area (Å²) < 4.78 is 11.3. The smallest absolute Gasteiger partial charge is 0.335 e. The highest BCUT2D eigenvalue weighted by molar-refractivity contribution is 6.39. The van der Waals surface area contributed by atoms with Gasteiger partial charge in [0.1, 0.15) is 5.57 Å². The second kappa shape index (κ2) is 12.8. The van der Waals surface area contributed by atoms with Crippen molar-refractivity contribution in [2.45, 2.75) is 44.6 Å². The summed E-state index contributed by atoms with van der Waals surface area (Å²) in [6.45, 7) is 5.58. The maximum Gasteiger partial charge on any atom is 0.335 e. The number of carbonyl (C=O) groups is 3. The Morgan fingerprint density at radius 1 is 0.854 bits per heavy atom. The van der Waals surface area contributed by atoms with Crippen LogP contribution in [-0.4, -0.2) is 44.1 Å². The number of carbonyl (C=O) groups excluding carboxylic acids is 3. The summed E-state index contributed by atoms with van der Waals surface area (Å²) in [6, 6.07) is 27.1. The fourth-order valence-corrected chi connectivity index (χ4v) is 7.46. The van der Waals surface area contributed by atoms with Gasteiger partial charge >= 0.3 is 6.03 Å². The van der Waals surface area contributed by atoms with Crippen molar-refractivity contribution in [3.05, 3.63) is 123 Å². The van der Waals surface area contributed by atoms with Crippen molar-refractivity contribution in [1.82, 2.24) is 5.32 Å². The summed E-state index contributed by atoms with van der Waals surface area (Å²) in [5, 5.41) is 2.66. The molecule has 4 amide bonds. The molecule has 0 radical (unpaired) electrons. The third kappa shape index (κ3) is 5.70. The molecule has 0 unspecified atom stereocenters. The average molecular weight is 662 g/mol. The first-order valence-corrected chi connectivity index (χ1v) is 16.6. The van der Waals surface area contributed by atoms with E-state index in [1.54, 1.807) is 12.1 Å². The van der Waals surface area contributed by atoms with Gasteiger partial charge in [-0.2, -0.15) is 0 Å². The molecule has 0 bridgehead atoms. The van der Waals surface area contributed by atoms with Gasteiger partial charge in [-0.1, -0.05) is 72.3 Å². The number of methoxy groups -OCH3 is 1. The Balaban J connectivity index is 1.35. The first kappa shape index (κ1) is 31.5. The maximum atomic E-state index is 14.2. The number of rotatable bonds is 7. The molecule has 0 spiro atoms. The predicted molar refractivity (Wildman–Crippen MR) is 187 cm³/mol. The van der Waals surface area contributed by atoms with Crippen molar-refractivity contribution in [2.24, 2.45) is 0 Å². The standard InChI is InChI=1S/C39H36ClN3O5/c1-23(2)48-36-33(40)19-24(20-34(36)47-3)18-32-37(44)41-39(46)43(38(32)45)27-21-30-28(25-10-6-4-7-11-25)14-16-42-17-15-29(31(22-27)35(30)42)26-12-8-5-9-13-26/h4-13,18-23,28-29H,14-17H2,1-3H3,(H,41,44,46)/b32-18+/t28-,29-/m0/s1. The van der Waals surface area contributed by atoms with E-state index in [0.29, 0.717) is 22.7 Å². The van der Waals surface area contributed by atoms with Crippen LogP contribution in [0, 0.1) is 0 Å². The summed E-state index contributed by atoms with van der Waals surface area (Å²) in [4.78, 5) is 44.5. The Bertz CT molecular complexity index is 1870. The molecule has 1 N–H and O–H groups in total. The molecule has 0 saturated carbocycles. The highest BCUT2D eigenvalue weighted by Crippen LogP contribution is 2.50. The Morgan fingerprint density at radius 2 is 1.44 bits per heavy atom. The number of barbiturate groups is 1. The van der Waals surface area contributed by atoms with Crippen molar-refractivity contribution in [3.63, 3.8) is 0 Å². The number of benzene rings is 4. The SMILES string of the molecule is COc1cc(/C=C2\C(=O)NC(=O)N(c3cc4c5c(c3)[C@H](c3ccccc3)CCN5CC[C@H]4c3ccccc3)C2=O)cc(Cl)c1OC(C)C. The quantitative estimate of drug-likeness (QED) is 0.162.